The molecule has 0 aliphatic heterocycles. The van der Waals surface area contributed by atoms with Gasteiger partial charge in [0, 0.05) is 23.9 Å². The van der Waals surface area contributed by atoms with E-state index in [-0.39, 0.29) is 17.0 Å². The molecule has 0 unspecified atom stereocenters. The van der Waals surface area contributed by atoms with Gasteiger partial charge in [0.05, 0.1) is 21.8 Å². The van der Waals surface area contributed by atoms with Crippen molar-refractivity contribution >= 4 is 27.3 Å². The van der Waals surface area contributed by atoms with E-state index < -0.39 is 21.6 Å². The van der Waals surface area contributed by atoms with Gasteiger partial charge in [0.15, 0.2) is 0 Å². The maximum absolute atomic E-state index is 12.6. The van der Waals surface area contributed by atoms with Gasteiger partial charge in [-0.1, -0.05) is 37.3 Å². The summed E-state index contributed by atoms with van der Waals surface area (Å²) >= 11 is 1.46. The number of aryl methyl sites for hydroxylation is 1. The zero-order valence-electron chi connectivity index (χ0n) is 18.1. The highest BCUT2D eigenvalue weighted by Crippen LogP contribution is 2.27. The van der Waals surface area contributed by atoms with E-state index in [4.69, 9.17) is 0 Å². The van der Waals surface area contributed by atoms with Crippen LogP contribution in [0.3, 0.4) is 0 Å². The predicted molar refractivity (Wildman–Crippen MR) is 124 cm³/mol. The summed E-state index contributed by atoms with van der Waals surface area (Å²) in [4.78, 5) is 15.9. The second kappa shape index (κ2) is 9.50. The largest absolute Gasteiger partial charge is 0.478 e. The number of carboxylic acid groups (broad SMARTS) is 1. The lowest BCUT2D eigenvalue weighted by Gasteiger charge is -2.17. The molecular weight excluding hydrogens is 448 g/mol. The average molecular weight is 475 g/mol. The van der Waals surface area contributed by atoms with Crippen LogP contribution in [-0.4, -0.2) is 36.1 Å². The molecule has 7 nitrogen and oxygen atoms in total. The van der Waals surface area contributed by atoms with Gasteiger partial charge in [0.1, 0.15) is 5.01 Å². The Bertz CT molecular complexity index is 1210. The Labute approximate surface area is 191 Å². The van der Waals surface area contributed by atoms with E-state index in [2.05, 4.69) is 9.71 Å². The topological polar surface area (TPSA) is 117 Å². The van der Waals surface area contributed by atoms with E-state index >= 15 is 0 Å². The van der Waals surface area contributed by atoms with Crippen molar-refractivity contribution in [3.63, 3.8) is 0 Å². The first-order valence-corrected chi connectivity index (χ1v) is 12.5. The third-order valence-corrected chi connectivity index (χ3v) is 7.47. The van der Waals surface area contributed by atoms with Crippen LogP contribution in [0.5, 0.6) is 0 Å². The summed E-state index contributed by atoms with van der Waals surface area (Å²) in [6.07, 6.45) is 0.901. The van der Waals surface area contributed by atoms with Crippen LogP contribution in [0.2, 0.25) is 0 Å². The van der Waals surface area contributed by atoms with Crippen LogP contribution >= 0.6 is 11.3 Å². The predicted octanol–water partition coefficient (Wildman–Crippen LogP) is 3.82. The van der Waals surface area contributed by atoms with Gasteiger partial charge in [-0.05, 0) is 43.5 Å². The van der Waals surface area contributed by atoms with E-state index in [0.29, 0.717) is 18.4 Å². The van der Waals surface area contributed by atoms with Crippen LogP contribution in [0.15, 0.2) is 52.7 Å². The first-order valence-electron chi connectivity index (χ1n) is 10.1. The number of carboxylic acids is 1. The van der Waals surface area contributed by atoms with Gasteiger partial charge in [0.2, 0.25) is 10.0 Å². The molecule has 0 fully saturated rings. The van der Waals surface area contributed by atoms with Gasteiger partial charge >= 0.3 is 5.97 Å². The average Bonchev–Trinajstić information content (AvgIpc) is 3.21. The second-order valence-electron chi connectivity index (χ2n) is 7.91. The van der Waals surface area contributed by atoms with E-state index in [1.165, 1.54) is 29.5 Å². The lowest BCUT2D eigenvalue weighted by Crippen LogP contribution is -2.26. The van der Waals surface area contributed by atoms with Crippen LogP contribution in [0.4, 0.5) is 0 Å². The number of aliphatic hydroxyl groups is 1. The maximum Gasteiger partial charge on any atom is 0.336 e. The maximum atomic E-state index is 12.6. The van der Waals surface area contributed by atoms with Crippen molar-refractivity contribution in [2.45, 2.75) is 44.1 Å². The van der Waals surface area contributed by atoms with Gasteiger partial charge in [-0.2, -0.15) is 0 Å². The molecule has 3 N–H and O–H groups in total. The second-order valence-corrected chi connectivity index (χ2v) is 10.5. The summed E-state index contributed by atoms with van der Waals surface area (Å²) in [6.45, 7) is 5.41. The number of rotatable bonds is 9. The molecule has 0 aliphatic carbocycles. The minimum absolute atomic E-state index is 0.00452. The first-order chi connectivity index (χ1) is 15.0. The highest BCUT2D eigenvalue weighted by molar-refractivity contribution is 7.89. The number of thiazole rings is 1. The Morgan fingerprint density at radius 3 is 2.44 bits per heavy atom. The number of carbonyl (C=O) groups is 1. The van der Waals surface area contributed by atoms with Gasteiger partial charge in [-0.15, -0.1) is 11.3 Å². The van der Waals surface area contributed by atoms with Gasteiger partial charge in [-0.3, -0.25) is 0 Å². The smallest absolute Gasteiger partial charge is 0.336 e. The number of sulfonamides is 1. The Morgan fingerprint density at radius 2 is 1.84 bits per heavy atom. The minimum Gasteiger partial charge on any atom is -0.478 e. The van der Waals surface area contributed by atoms with Gasteiger partial charge in [-0.25, -0.2) is 22.9 Å². The molecule has 3 rings (SSSR count). The minimum atomic E-state index is -3.84. The lowest BCUT2D eigenvalue weighted by atomic mass is 9.97. The summed E-state index contributed by atoms with van der Waals surface area (Å²) in [5.74, 6) is -1.15. The van der Waals surface area contributed by atoms with E-state index in [1.54, 1.807) is 13.8 Å². The zero-order chi connectivity index (χ0) is 23.5. The Balaban J connectivity index is 1.65. The van der Waals surface area contributed by atoms with Crippen LogP contribution in [0, 0.1) is 0 Å². The third-order valence-electron chi connectivity index (χ3n) is 5.07. The monoisotopic (exact) mass is 474 g/mol. The van der Waals surface area contributed by atoms with Gasteiger partial charge in [0.25, 0.3) is 0 Å². The highest BCUT2D eigenvalue weighted by atomic mass is 32.2. The molecule has 0 aliphatic rings. The van der Waals surface area contributed by atoms with Crippen molar-refractivity contribution < 1.29 is 23.4 Å². The van der Waals surface area contributed by atoms with E-state index in [9.17, 15) is 23.4 Å². The van der Waals surface area contributed by atoms with Gasteiger partial charge < -0.3 is 10.2 Å². The number of hydrogen-bond donors (Lipinski definition) is 3. The standard InChI is InChI=1S/C23H26N2O5S2/c1-4-15-7-10-19(13-20(15)22(26)27)32(29,30)24-12-11-18-14-31-21(25-18)16-5-8-17(9-6-16)23(2,3)28/h5-10,13-14,24,28H,4,11-12H2,1-3H3,(H,26,27). The highest BCUT2D eigenvalue weighted by Gasteiger charge is 2.19. The summed E-state index contributed by atoms with van der Waals surface area (Å²) in [6, 6.07) is 11.7. The van der Waals surface area contributed by atoms with Crippen molar-refractivity contribution in [2.24, 2.45) is 0 Å². The summed E-state index contributed by atoms with van der Waals surface area (Å²) < 4.78 is 27.7. The lowest BCUT2D eigenvalue weighted by molar-refractivity contribution is 0.0694. The zero-order valence-corrected chi connectivity index (χ0v) is 19.8. The fourth-order valence-electron chi connectivity index (χ4n) is 3.20. The third kappa shape index (κ3) is 5.60. The number of benzene rings is 2. The quantitative estimate of drug-likeness (QED) is 0.434. The molecule has 170 valence electrons. The molecule has 2 aromatic carbocycles. The molecule has 1 heterocycles. The molecule has 3 aromatic rings. The van der Waals surface area contributed by atoms with E-state index in [0.717, 1.165) is 21.8 Å². The molecule has 0 amide bonds. The van der Waals surface area contributed by atoms with Crippen molar-refractivity contribution in [3.8, 4) is 10.6 Å². The summed E-state index contributed by atoms with van der Waals surface area (Å²) in [5.41, 5.74) is 2.16. The number of nitrogens with one attached hydrogen (secondary N) is 1. The molecule has 0 saturated carbocycles. The molecule has 0 saturated heterocycles. The molecule has 0 bridgehead atoms. The Morgan fingerprint density at radius 1 is 1.16 bits per heavy atom. The Hall–Kier alpha value is -2.59. The molecule has 1 aromatic heterocycles. The molecule has 9 heteroatoms. The molecular formula is C23H26N2O5S2. The van der Waals surface area contributed by atoms with E-state index in [1.807, 2.05) is 36.6 Å². The molecule has 0 spiro atoms. The van der Waals surface area contributed by atoms with Crippen LogP contribution < -0.4 is 4.72 Å². The fraction of sp³-hybridized carbons (Fsp3) is 0.304. The molecule has 0 radical (unpaired) electrons. The SMILES string of the molecule is CCc1ccc(S(=O)(=O)NCCc2csc(-c3ccc(C(C)(C)O)cc3)n2)cc1C(=O)O. The van der Waals surface area contributed by atoms with Crippen LogP contribution in [-0.2, 0) is 28.5 Å². The number of hydrogen-bond acceptors (Lipinski definition) is 6. The Kier molecular flexibility index (Phi) is 7.14. The molecule has 32 heavy (non-hydrogen) atoms. The fourth-order valence-corrected chi connectivity index (χ4v) is 5.12. The van der Waals surface area contributed by atoms with Crippen molar-refractivity contribution in [1.29, 1.82) is 0 Å². The van der Waals surface area contributed by atoms with Crippen molar-refractivity contribution in [2.75, 3.05) is 6.54 Å². The molecule has 0 atom stereocenters. The van der Waals surface area contributed by atoms with Crippen molar-refractivity contribution in [1.82, 2.24) is 9.71 Å². The van der Waals surface area contributed by atoms with Crippen LogP contribution in [0.1, 0.15) is 48.0 Å². The number of nitrogens with zero attached hydrogens (tertiary/aromatic N) is 1. The van der Waals surface area contributed by atoms with Crippen molar-refractivity contribution in [3.05, 3.63) is 70.2 Å². The number of aromatic carboxylic acids is 1. The summed E-state index contributed by atoms with van der Waals surface area (Å²) in [5, 5.41) is 22.1. The number of aromatic nitrogens is 1. The first kappa shape index (κ1) is 24.1. The summed E-state index contributed by atoms with van der Waals surface area (Å²) in [7, 11) is -3.84. The normalized spacial score (nSPS) is 12.1. The van der Waals surface area contributed by atoms with Crippen LogP contribution in [0.25, 0.3) is 10.6 Å².